The van der Waals surface area contributed by atoms with Crippen molar-refractivity contribution in [1.82, 2.24) is 0 Å². The zero-order valence-electron chi connectivity index (χ0n) is 10.2. The number of rotatable bonds is 3. The Morgan fingerprint density at radius 1 is 1.41 bits per heavy atom. The van der Waals surface area contributed by atoms with Crippen molar-refractivity contribution in [3.63, 3.8) is 0 Å². The predicted molar refractivity (Wildman–Crippen MR) is 67.7 cm³/mol. The summed E-state index contributed by atoms with van der Waals surface area (Å²) in [5.41, 5.74) is 0.766. The first kappa shape index (κ1) is 12.2. The molecule has 2 N–H and O–H groups in total. The molecular formula is C14H20FNO. The van der Waals surface area contributed by atoms with Gasteiger partial charge in [0.1, 0.15) is 0 Å². The van der Waals surface area contributed by atoms with E-state index in [9.17, 15) is 4.39 Å². The van der Waals surface area contributed by atoms with Crippen molar-refractivity contribution in [1.29, 1.82) is 0 Å². The summed E-state index contributed by atoms with van der Waals surface area (Å²) >= 11 is 0. The normalized spacial score (nSPS) is 24.6. The minimum atomic E-state index is -0.558. The van der Waals surface area contributed by atoms with E-state index in [1.54, 1.807) is 6.07 Å². The maximum atomic E-state index is 13.2. The first-order valence-electron chi connectivity index (χ1n) is 6.44. The van der Waals surface area contributed by atoms with Crippen LogP contribution in [0, 0.1) is 11.7 Å². The topological polar surface area (TPSA) is 32.3 Å². The molecule has 1 saturated carbocycles. The van der Waals surface area contributed by atoms with Gasteiger partial charge < -0.3 is 10.4 Å². The maximum absolute atomic E-state index is 13.2. The van der Waals surface area contributed by atoms with Gasteiger partial charge in [0.2, 0.25) is 0 Å². The Balaban J connectivity index is 1.97. The summed E-state index contributed by atoms with van der Waals surface area (Å²) < 4.78 is 13.2. The number of hydrogen-bond donors (Lipinski definition) is 2. The Hall–Kier alpha value is -1.25. The van der Waals surface area contributed by atoms with Gasteiger partial charge in [-0.15, -0.1) is 0 Å². The monoisotopic (exact) mass is 237 g/mol. The van der Waals surface area contributed by atoms with Gasteiger partial charge in [-0.05, 0) is 30.9 Å². The third-order valence-electron chi connectivity index (χ3n) is 3.68. The molecule has 0 aromatic heterocycles. The molecule has 1 aromatic rings. The van der Waals surface area contributed by atoms with Crippen molar-refractivity contribution in [2.24, 2.45) is 5.92 Å². The molecule has 1 aromatic carbocycles. The molecule has 0 heterocycles. The van der Waals surface area contributed by atoms with Crippen LogP contribution in [-0.2, 0) is 0 Å². The third kappa shape index (κ3) is 3.11. The van der Waals surface area contributed by atoms with Gasteiger partial charge in [0, 0.05) is 17.8 Å². The Morgan fingerprint density at radius 3 is 2.94 bits per heavy atom. The van der Waals surface area contributed by atoms with Crippen molar-refractivity contribution in [3.8, 4) is 5.75 Å². The molecule has 2 unspecified atom stereocenters. The standard InChI is InChI=1S/C14H20FNO/c1-2-10-4-3-5-11(8-10)16-12-6-7-14(17)13(15)9-12/h6-7,9-11,16-17H,2-5,8H2,1H3. The first-order valence-corrected chi connectivity index (χ1v) is 6.44. The van der Waals surface area contributed by atoms with Crippen molar-refractivity contribution in [2.75, 3.05) is 5.32 Å². The van der Waals surface area contributed by atoms with Gasteiger partial charge in [0.25, 0.3) is 0 Å². The molecular weight excluding hydrogens is 217 g/mol. The fraction of sp³-hybridized carbons (Fsp3) is 0.571. The fourth-order valence-corrected chi connectivity index (χ4v) is 2.63. The van der Waals surface area contributed by atoms with Crippen LogP contribution in [0.15, 0.2) is 18.2 Å². The average molecular weight is 237 g/mol. The summed E-state index contributed by atoms with van der Waals surface area (Å²) in [6.07, 6.45) is 6.11. The lowest BCUT2D eigenvalue weighted by molar-refractivity contribution is 0.327. The minimum Gasteiger partial charge on any atom is -0.505 e. The molecule has 2 atom stereocenters. The summed E-state index contributed by atoms with van der Waals surface area (Å²) in [4.78, 5) is 0. The Bertz CT molecular complexity index is 380. The molecule has 94 valence electrons. The van der Waals surface area contributed by atoms with E-state index in [1.807, 2.05) is 0 Å². The molecule has 17 heavy (non-hydrogen) atoms. The number of aromatic hydroxyl groups is 1. The van der Waals surface area contributed by atoms with Gasteiger partial charge in [-0.2, -0.15) is 0 Å². The van der Waals surface area contributed by atoms with Gasteiger partial charge in [-0.25, -0.2) is 4.39 Å². The summed E-state index contributed by atoms with van der Waals surface area (Å²) in [6.45, 7) is 2.23. The van der Waals surface area contributed by atoms with Crippen molar-refractivity contribution < 1.29 is 9.50 Å². The Labute approximate surface area is 102 Å². The number of hydrogen-bond acceptors (Lipinski definition) is 2. The maximum Gasteiger partial charge on any atom is 0.166 e. The van der Waals surface area contributed by atoms with E-state index in [0.717, 1.165) is 18.0 Å². The van der Waals surface area contributed by atoms with E-state index >= 15 is 0 Å². The highest BCUT2D eigenvalue weighted by atomic mass is 19.1. The molecule has 3 heteroatoms. The number of anilines is 1. The molecule has 0 aliphatic heterocycles. The van der Waals surface area contributed by atoms with Crippen LogP contribution in [0.5, 0.6) is 5.75 Å². The van der Waals surface area contributed by atoms with Gasteiger partial charge in [-0.1, -0.05) is 26.2 Å². The molecule has 2 rings (SSSR count). The number of phenols is 1. The lowest BCUT2D eigenvalue weighted by atomic mass is 9.84. The SMILES string of the molecule is CCC1CCCC(Nc2ccc(O)c(F)c2)C1. The first-order chi connectivity index (χ1) is 8.19. The summed E-state index contributed by atoms with van der Waals surface area (Å²) in [5.74, 6) is -0.0494. The second kappa shape index (κ2) is 5.39. The van der Waals surface area contributed by atoms with Gasteiger partial charge >= 0.3 is 0 Å². The van der Waals surface area contributed by atoms with Crippen LogP contribution >= 0.6 is 0 Å². The summed E-state index contributed by atoms with van der Waals surface area (Å²) in [5, 5.41) is 12.5. The zero-order valence-corrected chi connectivity index (χ0v) is 10.2. The molecule has 0 radical (unpaired) electrons. The van der Waals surface area contributed by atoms with Crippen LogP contribution in [-0.4, -0.2) is 11.1 Å². The number of halogens is 1. The molecule has 1 fully saturated rings. The second-order valence-electron chi connectivity index (χ2n) is 4.95. The highest BCUT2D eigenvalue weighted by Crippen LogP contribution is 2.29. The highest BCUT2D eigenvalue weighted by molar-refractivity contribution is 5.47. The smallest absolute Gasteiger partial charge is 0.166 e. The van der Waals surface area contributed by atoms with Crippen LogP contribution in [0.2, 0.25) is 0 Å². The summed E-state index contributed by atoms with van der Waals surface area (Å²) in [7, 11) is 0. The van der Waals surface area contributed by atoms with Gasteiger partial charge in [0.05, 0.1) is 0 Å². The quantitative estimate of drug-likeness (QED) is 0.781. The van der Waals surface area contributed by atoms with E-state index in [1.165, 1.54) is 37.8 Å². The van der Waals surface area contributed by atoms with Crippen molar-refractivity contribution in [3.05, 3.63) is 24.0 Å². The fourth-order valence-electron chi connectivity index (χ4n) is 2.63. The molecule has 0 amide bonds. The number of nitrogens with one attached hydrogen (secondary N) is 1. The molecule has 1 aliphatic rings. The summed E-state index contributed by atoms with van der Waals surface area (Å²) in [6, 6.07) is 4.94. The Kier molecular flexibility index (Phi) is 3.87. The van der Waals surface area contributed by atoms with E-state index in [-0.39, 0.29) is 5.75 Å². The molecule has 1 aliphatic carbocycles. The number of phenolic OH excluding ortho intramolecular Hbond substituents is 1. The van der Waals surface area contributed by atoms with Crippen LogP contribution in [0.1, 0.15) is 39.0 Å². The van der Waals surface area contributed by atoms with Crippen LogP contribution in [0.25, 0.3) is 0 Å². The molecule has 0 spiro atoms. The number of benzene rings is 1. The largest absolute Gasteiger partial charge is 0.505 e. The minimum absolute atomic E-state index is 0.286. The predicted octanol–water partition coefficient (Wildman–Crippen LogP) is 3.91. The van der Waals surface area contributed by atoms with Crippen LogP contribution in [0.3, 0.4) is 0 Å². The van der Waals surface area contributed by atoms with Crippen LogP contribution < -0.4 is 5.32 Å². The van der Waals surface area contributed by atoms with Crippen LogP contribution in [0.4, 0.5) is 10.1 Å². The van der Waals surface area contributed by atoms with Crippen molar-refractivity contribution >= 4 is 5.69 Å². The third-order valence-corrected chi connectivity index (χ3v) is 3.68. The lowest BCUT2D eigenvalue weighted by Crippen LogP contribution is -2.27. The van der Waals surface area contributed by atoms with E-state index in [2.05, 4.69) is 12.2 Å². The zero-order chi connectivity index (χ0) is 12.3. The van der Waals surface area contributed by atoms with Gasteiger partial charge in [0.15, 0.2) is 11.6 Å². The molecule has 0 saturated heterocycles. The molecule has 2 nitrogen and oxygen atoms in total. The molecule has 0 bridgehead atoms. The second-order valence-corrected chi connectivity index (χ2v) is 4.95. The van der Waals surface area contributed by atoms with E-state index < -0.39 is 5.82 Å². The lowest BCUT2D eigenvalue weighted by Gasteiger charge is -2.29. The average Bonchev–Trinajstić information content (AvgIpc) is 2.34. The van der Waals surface area contributed by atoms with Crippen molar-refractivity contribution in [2.45, 2.75) is 45.1 Å². The Morgan fingerprint density at radius 2 is 2.24 bits per heavy atom. The van der Waals surface area contributed by atoms with E-state index in [0.29, 0.717) is 6.04 Å². The van der Waals surface area contributed by atoms with E-state index in [4.69, 9.17) is 5.11 Å². The highest BCUT2D eigenvalue weighted by Gasteiger charge is 2.20. The van der Waals surface area contributed by atoms with Gasteiger partial charge in [-0.3, -0.25) is 0 Å².